The van der Waals surface area contributed by atoms with Gasteiger partial charge in [0.05, 0.1) is 23.4 Å². The van der Waals surface area contributed by atoms with Gasteiger partial charge >= 0.3 is 0 Å². The summed E-state index contributed by atoms with van der Waals surface area (Å²) < 4.78 is 0.623. The van der Waals surface area contributed by atoms with Crippen LogP contribution in [0, 0.1) is 23.7 Å². The molecule has 0 fully saturated rings. The van der Waals surface area contributed by atoms with Crippen LogP contribution in [0.3, 0.4) is 0 Å². The Kier molecular flexibility index (Phi) is 4.71. The summed E-state index contributed by atoms with van der Waals surface area (Å²) >= 11 is 3.26. The van der Waals surface area contributed by atoms with Crippen molar-refractivity contribution >= 4 is 27.5 Å². The smallest absolute Gasteiger partial charge is 0.242 e. The van der Waals surface area contributed by atoms with E-state index >= 15 is 0 Å². The molecule has 1 aromatic rings. The lowest BCUT2D eigenvalue weighted by molar-refractivity contribution is -0.117. The molecule has 3 N–H and O–H groups in total. The zero-order valence-electron chi connectivity index (χ0n) is 8.90. The Bertz CT molecular complexity index is 513. The second-order valence-corrected chi connectivity index (χ2v) is 4.16. The van der Waals surface area contributed by atoms with Crippen molar-refractivity contribution in [3.63, 3.8) is 0 Å². The molecule has 0 aliphatic heterocycles. The van der Waals surface area contributed by atoms with E-state index in [1.54, 1.807) is 18.2 Å². The SMILES string of the molecule is C#CCC(N)C(=O)Nc1ccc(C#N)cc1Br. The first kappa shape index (κ1) is 13.2. The number of terminal acetylenes is 1. The standard InChI is InChI=1S/C12H10BrN3O/c1-2-3-10(15)12(17)16-11-5-4-8(7-14)6-9(11)13/h1,4-6,10H,3,15H2,(H,16,17). The van der Waals surface area contributed by atoms with Crippen LogP contribution in [0.5, 0.6) is 0 Å². The number of anilines is 1. The highest BCUT2D eigenvalue weighted by molar-refractivity contribution is 9.10. The van der Waals surface area contributed by atoms with Gasteiger partial charge in [-0.05, 0) is 34.1 Å². The van der Waals surface area contributed by atoms with Crippen LogP contribution in [0.1, 0.15) is 12.0 Å². The second-order valence-electron chi connectivity index (χ2n) is 3.31. The predicted octanol–water partition coefficient (Wildman–Crippen LogP) is 1.61. The maximum absolute atomic E-state index is 11.6. The Balaban J connectivity index is 2.80. The lowest BCUT2D eigenvalue weighted by Gasteiger charge is -2.11. The zero-order chi connectivity index (χ0) is 12.8. The lowest BCUT2D eigenvalue weighted by Crippen LogP contribution is -2.35. The molecule has 86 valence electrons. The van der Waals surface area contributed by atoms with Crippen molar-refractivity contribution in [3.05, 3.63) is 28.2 Å². The minimum absolute atomic E-state index is 0.180. The van der Waals surface area contributed by atoms with Crippen molar-refractivity contribution in [2.75, 3.05) is 5.32 Å². The van der Waals surface area contributed by atoms with E-state index in [0.717, 1.165) is 0 Å². The average molecular weight is 292 g/mol. The maximum atomic E-state index is 11.6. The summed E-state index contributed by atoms with van der Waals surface area (Å²) in [5.74, 6) is 1.97. The molecule has 4 nitrogen and oxygen atoms in total. The summed E-state index contributed by atoms with van der Waals surface area (Å²) in [4.78, 5) is 11.6. The highest BCUT2D eigenvalue weighted by Crippen LogP contribution is 2.23. The van der Waals surface area contributed by atoms with Gasteiger partial charge in [-0.15, -0.1) is 12.3 Å². The fourth-order valence-electron chi connectivity index (χ4n) is 1.13. The zero-order valence-corrected chi connectivity index (χ0v) is 10.5. The Morgan fingerprint density at radius 1 is 1.65 bits per heavy atom. The molecule has 0 aromatic heterocycles. The minimum atomic E-state index is -0.734. The van der Waals surface area contributed by atoms with Crippen LogP contribution in [-0.2, 0) is 4.79 Å². The van der Waals surface area contributed by atoms with Crippen LogP contribution >= 0.6 is 15.9 Å². The molecule has 1 unspecified atom stereocenters. The first-order valence-corrected chi connectivity index (χ1v) is 5.57. The number of nitrogens with zero attached hydrogens (tertiary/aromatic N) is 1. The number of rotatable bonds is 3. The Morgan fingerprint density at radius 3 is 2.88 bits per heavy atom. The highest BCUT2D eigenvalue weighted by atomic mass is 79.9. The van der Waals surface area contributed by atoms with Crippen molar-refractivity contribution in [2.45, 2.75) is 12.5 Å². The van der Waals surface area contributed by atoms with E-state index in [2.05, 4.69) is 27.2 Å². The van der Waals surface area contributed by atoms with Gasteiger partial charge < -0.3 is 11.1 Å². The molecule has 0 radical (unpaired) electrons. The fourth-order valence-corrected chi connectivity index (χ4v) is 1.61. The lowest BCUT2D eigenvalue weighted by atomic mass is 10.2. The van der Waals surface area contributed by atoms with Crippen LogP contribution in [0.2, 0.25) is 0 Å². The molecule has 0 aliphatic rings. The summed E-state index contributed by atoms with van der Waals surface area (Å²) in [5.41, 5.74) is 6.62. The Morgan fingerprint density at radius 2 is 2.35 bits per heavy atom. The van der Waals surface area contributed by atoms with Crippen molar-refractivity contribution in [1.82, 2.24) is 0 Å². The molecule has 0 spiro atoms. The van der Waals surface area contributed by atoms with Crippen molar-refractivity contribution < 1.29 is 4.79 Å². The van der Waals surface area contributed by atoms with Gasteiger partial charge in [0.2, 0.25) is 5.91 Å². The molecule has 1 atom stereocenters. The first-order chi connectivity index (χ1) is 8.08. The molecular formula is C12H10BrN3O. The van der Waals surface area contributed by atoms with Gasteiger partial charge in [0.1, 0.15) is 0 Å². The molecule has 0 saturated carbocycles. The second kappa shape index (κ2) is 6.05. The number of hydrogen-bond acceptors (Lipinski definition) is 3. The van der Waals surface area contributed by atoms with Crippen LogP contribution in [0.4, 0.5) is 5.69 Å². The number of benzene rings is 1. The molecule has 17 heavy (non-hydrogen) atoms. The summed E-state index contributed by atoms with van der Waals surface area (Å²) in [6, 6.07) is 6.11. The third-order valence-corrected chi connectivity index (χ3v) is 2.69. The molecule has 0 bridgehead atoms. The fraction of sp³-hybridized carbons (Fsp3) is 0.167. The van der Waals surface area contributed by atoms with Gasteiger partial charge in [0, 0.05) is 10.9 Å². The van der Waals surface area contributed by atoms with E-state index in [1.807, 2.05) is 6.07 Å². The summed E-state index contributed by atoms with van der Waals surface area (Å²) in [5, 5.41) is 11.3. The molecule has 0 aliphatic carbocycles. The van der Waals surface area contributed by atoms with Gasteiger partial charge in [-0.25, -0.2) is 0 Å². The number of nitrogens with two attached hydrogens (primary N) is 1. The highest BCUT2D eigenvalue weighted by Gasteiger charge is 2.13. The summed E-state index contributed by atoms with van der Waals surface area (Å²) in [7, 11) is 0. The number of nitrogens with one attached hydrogen (secondary N) is 1. The molecule has 5 heteroatoms. The van der Waals surface area contributed by atoms with E-state index in [0.29, 0.717) is 15.7 Å². The molecule has 1 amide bonds. The van der Waals surface area contributed by atoms with Gasteiger partial charge in [-0.2, -0.15) is 5.26 Å². The number of amides is 1. The number of carbonyl (C=O) groups excluding carboxylic acids is 1. The molecular weight excluding hydrogens is 282 g/mol. The van der Waals surface area contributed by atoms with E-state index < -0.39 is 6.04 Å². The molecule has 0 saturated heterocycles. The molecule has 1 aromatic carbocycles. The first-order valence-electron chi connectivity index (χ1n) is 4.78. The van der Waals surface area contributed by atoms with Gasteiger partial charge in [0.25, 0.3) is 0 Å². The molecule has 1 rings (SSSR count). The Hall–Kier alpha value is -1.82. The number of hydrogen-bond donors (Lipinski definition) is 2. The topological polar surface area (TPSA) is 78.9 Å². The van der Waals surface area contributed by atoms with Crippen LogP contribution in [-0.4, -0.2) is 11.9 Å². The minimum Gasteiger partial charge on any atom is -0.324 e. The van der Waals surface area contributed by atoms with E-state index in [4.69, 9.17) is 17.4 Å². The van der Waals surface area contributed by atoms with Crippen LogP contribution in [0.25, 0.3) is 0 Å². The van der Waals surface area contributed by atoms with Crippen molar-refractivity contribution in [2.24, 2.45) is 5.73 Å². The monoisotopic (exact) mass is 291 g/mol. The van der Waals surface area contributed by atoms with Gasteiger partial charge in [-0.1, -0.05) is 0 Å². The van der Waals surface area contributed by atoms with Crippen molar-refractivity contribution in [1.29, 1.82) is 5.26 Å². The third-order valence-electron chi connectivity index (χ3n) is 2.03. The quantitative estimate of drug-likeness (QED) is 0.831. The molecule has 0 heterocycles. The number of carbonyl (C=O) groups is 1. The average Bonchev–Trinajstić information content (AvgIpc) is 2.31. The summed E-state index contributed by atoms with van der Waals surface area (Å²) in [6.45, 7) is 0. The number of halogens is 1. The normalized spacial score (nSPS) is 11.1. The third kappa shape index (κ3) is 3.60. The van der Waals surface area contributed by atoms with Gasteiger partial charge in [-0.3, -0.25) is 4.79 Å². The van der Waals surface area contributed by atoms with E-state index in [9.17, 15) is 4.79 Å². The number of nitriles is 1. The maximum Gasteiger partial charge on any atom is 0.242 e. The van der Waals surface area contributed by atoms with E-state index in [1.165, 1.54) is 0 Å². The van der Waals surface area contributed by atoms with Crippen molar-refractivity contribution in [3.8, 4) is 18.4 Å². The Labute approximate surface area is 108 Å². The van der Waals surface area contributed by atoms with Gasteiger partial charge in [0.15, 0.2) is 0 Å². The largest absolute Gasteiger partial charge is 0.324 e. The predicted molar refractivity (Wildman–Crippen MR) is 68.9 cm³/mol. The van der Waals surface area contributed by atoms with Crippen LogP contribution < -0.4 is 11.1 Å². The van der Waals surface area contributed by atoms with E-state index in [-0.39, 0.29) is 12.3 Å². The van der Waals surface area contributed by atoms with Crippen LogP contribution in [0.15, 0.2) is 22.7 Å². The summed E-state index contributed by atoms with van der Waals surface area (Å²) in [6.07, 6.45) is 5.25.